The number of Topliss-reactive ketones (excluding diaryl/α,β-unsaturated/α-hetero) is 1. The van der Waals surface area contributed by atoms with Crippen molar-refractivity contribution in [2.24, 2.45) is 0 Å². The molecule has 1 aliphatic rings. The van der Waals surface area contributed by atoms with Gasteiger partial charge in [-0.05, 0) is 53.9 Å². The van der Waals surface area contributed by atoms with E-state index in [2.05, 4.69) is 4.98 Å². The van der Waals surface area contributed by atoms with Crippen molar-refractivity contribution in [1.82, 2.24) is 9.88 Å². The van der Waals surface area contributed by atoms with Crippen LogP contribution in [0.2, 0.25) is 5.02 Å². The number of carbonyl (C=O) groups excluding carboxylic acids is 2. The molecule has 0 radical (unpaired) electrons. The van der Waals surface area contributed by atoms with Crippen molar-refractivity contribution in [1.29, 1.82) is 0 Å². The highest BCUT2D eigenvalue weighted by molar-refractivity contribution is 6.46. The van der Waals surface area contributed by atoms with E-state index < -0.39 is 17.7 Å². The molecule has 0 aliphatic carbocycles. The predicted octanol–water partition coefficient (Wildman–Crippen LogP) is 5.15. The standard InChI is InChI=1S/C26H23ClN2O4/c1-2-13-33-21-8-4-6-19(15-21)24(30)22-23(18-5-3-7-20(27)14-18)29(26(32)25(22)31)16-17-9-11-28-12-10-17/h3-12,14-15,23,30H,2,13,16H2,1H3/b24-22+. The van der Waals surface area contributed by atoms with Gasteiger partial charge in [-0.3, -0.25) is 14.6 Å². The summed E-state index contributed by atoms with van der Waals surface area (Å²) in [5, 5.41) is 11.7. The summed E-state index contributed by atoms with van der Waals surface area (Å²) in [6.45, 7) is 2.71. The lowest BCUT2D eigenvalue weighted by Gasteiger charge is -2.25. The van der Waals surface area contributed by atoms with Gasteiger partial charge in [-0.2, -0.15) is 0 Å². The number of halogens is 1. The van der Waals surface area contributed by atoms with Crippen molar-refractivity contribution in [3.05, 3.63) is 100 Å². The molecule has 0 spiro atoms. The molecule has 1 unspecified atom stereocenters. The quantitative estimate of drug-likeness (QED) is 0.298. The third-order valence-corrected chi connectivity index (χ3v) is 5.62. The van der Waals surface area contributed by atoms with Crippen LogP contribution >= 0.6 is 11.6 Å². The van der Waals surface area contributed by atoms with Crippen LogP contribution in [0, 0.1) is 0 Å². The molecule has 1 saturated heterocycles. The summed E-state index contributed by atoms with van der Waals surface area (Å²) in [6, 6.07) is 16.6. The number of ketones is 1. The molecule has 1 amide bonds. The Morgan fingerprint density at radius 1 is 1.09 bits per heavy atom. The van der Waals surface area contributed by atoms with E-state index in [9.17, 15) is 14.7 Å². The topological polar surface area (TPSA) is 79.7 Å². The molecule has 1 aromatic heterocycles. The van der Waals surface area contributed by atoms with E-state index in [1.807, 2.05) is 6.92 Å². The Balaban J connectivity index is 1.83. The zero-order valence-electron chi connectivity index (χ0n) is 18.1. The van der Waals surface area contributed by atoms with Crippen LogP contribution < -0.4 is 4.74 Å². The van der Waals surface area contributed by atoms with E-state index in [-0.39, 0.29) is 17.9 Å². The second-order valence-electron chi connectivity index (χ2n) is 7.71. The van der Waals surface area contributed by atoms with Crippen LogP contribution in [0.5, 0.6) is 5.75 Å². The number of rotatable bonds is 7. The molecule has 2 aromatic carbocycles. The molecule has 0 saturated carbocycles. The molecular formula is C26H23ClN2O4. The number of ether oxygens (including phenoxy) is 1. The van der Waals surface area contributed by atoms with Crippen LogP contribution in [0.15, 0.2) is 78.6 Å². The molecule has 3 aromatic rings. The maximum atomic E-state index is 13.2. The number of aliphatic hydroxyl groups is 1. The fourth-order valence-electron chi connectivity index (χ4n) is 3.86. The van der Waals surface area contributed by atoms with Gasteiger partial charge >= 0.3 is 0 Å². The summed E-state index contributed by atoms with van der Waals surface area (Å²) in [4.78, 5) is 31.7. The first-order chi connectivity index (χ1) is 16.0. The van der Waals surface area contributed by atoms with Crippen LogP contribution in [-0.2, 0) is 16.1 Å². The maximum absolute atomic E-state index is 13.2. The van der Waals surface area contributed by atoms with Gasteiger partial charge in [0.1, 0.15) is 11.5 Å². The monoisotopic (exact) mass is 462 g/mol. The lowest BCUT2D eigenvalue weighted by molar-refractivity contribution is -0.140. The highest BCUT2D eigenvalue weighted by Gasteiger charge is 2.46. The number of carbonyl (C=O) groups is 2. The number of benzene rings is 2. The third-order valence-electron chi connectivity index (χ3n) is 5.39. The van der Waals surface area contributed by atoms with E-state index in [4.69, 9.17) is 16.3 Å². The van der Waals surface area contributed by atoms with Crippen molar-refractivity contribution in [3.8, 4) is 5.75 Å². The molecule has 2 heterocycles. The Morgan fingerprint density at radius 2 is 1.85 bits per heavy atom. The number of aromatic nitrogens is 1. The van der Waals surface area contributed by atoms with Crippen LogP contribution in [-0.4, -0.2) is 33.3 Å². The Hall–Kier alpha value is -3.64. The lowest BCUT2D eigenvalue weighted by Crippen LogP contribution is -2.29. The van der Waals surface area contributed by atoms with Crippen molar-refractivity contribution in [2.75, 3.05) is 6.61 Å². The van der Waals surface area contributed by atoms with Crippen molar-refractivity contribution in [2.45, 2.75) is 25.9 Å². The zero-order valence-corrected chi connectivity index (χ0v) is 18.8. The smallest absolute Gasteiger partial charge is 0.295 e. The average molecular weight is 463 g/mol. The van der Waals surface area contributed by atoms with E-state index >= 15 is 0 Å². The van der Waals surface area contributed by atoms with Gasteiger partial charge in [0.25, 0.3) is 11.7 Å². The molecule has 6 nitrogen and oxygen atoms in total. The highest BCUT2D eigenvalue weighted by atomic mass is 35.5. The molecule has 1 atom stereocenters. The maximum Gasteiger partial charge on any atom is 0.295 e. The minimum Gasteiger partial charge on any atom is -0.507 e. The van der Waals surface area contributed by atoms with Gasteiger partial charge in [0.2, 0.25) is 0 Å². The Kier molecular flexibility index (Phi) is 6.75. The molecule has 4 rings (SSSR count). The number of nitrogens with zero attached hydrogens (tertiary/aromatic N) is 2. The first kappa shape index (κ1) is 22.6. The minimum atomic E-state index is -0.794. The number of aliphatic hydroxyl groups excluding tert-OH is 1. The average Bonchev–Trinajstić information content (AvgIpc) is 3.08. The summed E-state index contributed by atoms with van der Waals surface area (Å²) in [5.74, 6) is -1.10. The molecular weight excluding hydrogens is 440 g/mol. The van der Waals surface area contributed by atoms with Gasteiger partial charge < -0.3 is 14.7 Å². The van der Waals surface area contributed by atoms with Gasteiger partial charge in [0, 0.05) is 29.5 Å². The normalized spacial score (nSPS) is 17.4. The van der Waals surface area contributed by atoms with Crippen LogP contribution in [0.3, 0.4) is 0 Å². The fourth-order valence-corrected chi connectivity index (χ4v) is 4.06. The van der Waals surface area contributed by atoms with Gasteiger partial charge in [0.05, 0.1) is 18.2 Å². The van der Waals surface area contributed by atoms with Gasteiger partial charge in [-0.25, -0.2) is 0 Å². The molecule has 1 aliphatic heterocycles. The van der Waals surface area contributed by atoms with E-state index in [1.165, 1.54) is 4.90 Å². The largest absolute Gasteiger partial charge is 0.507 e. The highest BCUT2D eigenvalue weighted by Crippen LogP contribution is 2.41. The number of hydrogen-bond donors (Lipinski definition) is 1. The van der Waals surface area contributed by atoms with Crippen molar-refractivity contribution >= 4 is 29.1 Å². The summed E-state index contributed by atoms with van der Waals surface area (Å²) in [5.41, 5.74) is 1.87. The second-order valence-corrected chi connectivity index (χ2v) is 8.15. The Morgan fingerprint density at radius 3 is 2.58 bits per heavy atom. The number of likely N-dealkylation sites (tertiary alicyclic amines) is 1. The van der Waals surface area contributed by atoms with Crippen LogP contribution in [0.4, 0.5) is 0 Å². The SMILES string of the molecule is CCCOc1cccc(/C(O)=C2\C(=O)C(=O)N(Cc3ccncc3)C2c2cccc(Cl)c2)c1. The molecule has 168 valence electrons. The van der Waals surface area contributed by atoms with Gasteiger partial charge in [0.15, 0.2) is 0 Å². The van der Waals surface area contributed by atoms with Gasteiger partial charge in [-0.1, -0.05) is 42.8 Å². The second kappa shape index (κ2) is 9.88. The van der Waals surface area contributed by atoms with Crippen LogP contribution in [0.1, 0.15) is 36.1 Å². The van der Waals surface area contributed by atoms with Crippen molar-refractivity contribution < 1.29 is 19.4 Å². The molecule has 7 heteroatoms. The molecule has 0 bridgehead atoms. The Bertz CT molecular complexity index is 1210. The molecule has 1 fully saturated rings. The first-order valence-electron chi connectivity index (χ1n) is 10.7. The summed E-state index contributed by atoms with van der Waals surface area (Å²) >= 11 is 6.23. The Labute approximate surface area is 197 Å². The van der Waals surface area contributed by atoms with E-state index in [0.29, 0.717) is 28.5 Å². The minimum absolute atomic E-state index is 0.0176. The number of hydrogen-bond acceptors (Lipinski definition) is 5. The zero-order chi connectivity index (χ0) is 23.4. The number of amides is 1. The summed E-state index contributed by atoms with van der Waals surface area (Å²) in [6.07, 6.45) is 4.09. The molecule has 1 N–H and O–H groups in total. The van der Waals surface area contributed by atoms with Crippen LogP contribution in [0.25, 0.3) is 5.76 Å². The first-order valence-corrected chi connectivity index (χ1v) is 11.0. The van der Waals surface area contributed by atoms with E-state index in [0.717, 1.165) is 12.0 Å². The van der Waals surface area contributed by atoms with Gasteiger partial charge in [-0.15, -0.1) is 0 Å². The summed E-state index contributed by atoms with van der Waals surface area (Å²) in [7, 11) is 0. The molecule has 33 heavy (non-hydrogen) atoms. The fraction of sp³-hybridized carbons (Fsp3) is 0.192. The summed E-state index contributed by atoms with van der Waals surface area (Å²) < 4.78 is 5.66. The van der Waals surface area contributed by atoms with Crippen molar-refractivity contribution in [3.63, 3.8) is 0 Å². The predicted molar refractivity (Wildman–Crippen MR) is 126 cm³/mol. The lowest BCUT2D eigenvalue weighted by atomic mass is 9.95. The third kappa shape index (κ3) is 4.76. The number of pyridine rings is 1. The van der Waals surface area contributed by atoms with E-state index in [1.54, 1.807) is 73.1 Å².